The van der Waals surface area contributed by atoms with Crippen molar-refractivity contribution in [3.63, 3.8) is 0 Å². The van der Waals surface area contributed by atoms with Crippen LogP contribution in [0.15, 0.2) is 42.7 Å². The van der Waals surface area contributed by atoms with Gasteiger partial charge in [0, 0.05) is 57.7 Å². The second-order valence-corrected chi connectivity index (χ2v) is 7.89. The highest BCUT2D eigenvalue weighted by Crippen LogP contribution is 2.23. The number of ether oxygens (including phenoxy) is 1. The minimum absolute atomic E-state index is 0.0923. The number of hydrogen-bond acceptors (Lipinski definition) is 5. The Kier molecular flexibility index (Phi) is 6.65. The maximum atomic E-state index is 13.1. The van der Waals surface area contributed by atoms with E-state index in [0.29, 0.717) is 50.5 Å². The SMILES string of the molecule is COCCCNC(=O)c1nn(C)c2c1CN(C(=O)c1cnn(Cc3ccccc3)c1)CC2. The Morgan fingerprint density at radius 1 is 1.22 bits per heavy atom. The van der Waals surface area contributed by atoms with Gasteiger partial charge in [-0.3, -0.25) is 19.0 Å². The standard InChI is InChI=1S/C23H28N6O3/c1-27-20-9-11-28(16-19(20)21(26-27)22(30)24-10-6-12-32-2)23(31)18-13-25-29(15-18)14-17-7-4-3-5-8-17/h3-5,7-8,13,15H,6,9-12,14,16H2,1-2H3,(H,24,30). The molecule has 3 heterocycles. The van der Waals surface area contributed by atoms with Crippen molar-refractivity contribution in [2.75, 3.05) is 26.8 Å². The van der Waals surface area contributed by atoms with E-state index in [1.807, 2.05) is 37.4 Å². The number of aryl methyl sites for hydroxylation is 1. The van der Waals surface area contributed by atoms with Crippen LogP contribution < -0.4 is 5.32 Å². The lowest BCUT2D eigenvalue weighted by molar-refractivity contribution is 0.0730. The number of benzene rings is 1. The van der Waals surface area contributed by atoms with Crippen LogP contribution in [0.25, 0.3) is 0 Å². The van der Waals surface area contributed by atoms with Gasteiger partial charge < -0.3 is 15.0 Å². The summed E-state index contributed by atoms with van der Waals surface area (Å²) in [5.74, 6) is -0.312. The van der Waals surface area contributed by atoms with E-state index in [2.05, 4.69) is 15.5 Å². The van der Waals surface area contributed by atoms with Gasteiger partial charge in [-0.1, -0.05) is 30.3 Å². The summed E-state index contributed by atoms with van der Waals surface area (Å²) < 4.78 is 8.53. The average Bonchev–Trinajstić information content (AvgIpc) is 3.41. The van der Waals surface area contributed by atoms with Crippen LogP contribution in [0.3, 0.4) is 0 Å². The Morgan fingerprint density at radius 3 is 2.81 bits per heavy atom. The number of fused-ring (bicyclic) bond motifs is 1. The minimum atomic E-state index is -0.220. The lowest BCUT2D eigenvalue weighted by Crippen LogP contribution is -2.37. The number of methoxy groups -OCH3 is 1. The highest BCUT2D eigenvalue weighted by atomic mass is 16.5. The number of carbonyl (C=O) groups is 2. The van der Waals surface area contributed by atoms with E-state index in [-0.39, 0.29) is 11.8 Å². The van der Waals surface area contributed by atoms with Crippen LogP contribution in [0.5, 0.6) is 0 Å². The molecule has 0 saturated carbocycles. The highest BCUT2D eigenvalue weighted by molar-refractivity contribution is 5.96. The van der Waals surface area contributed by atoms with Crippen LogP contribution in [-0.2, 0) is 31.3 Å². The smallest absolute Gasteiger partial charge is 0.272 e. The number of nitrogens with zero attached hydrogens (tertiary/aromatic N) is 5. The zero-order chi connectivity index (χ0) is 22.5. The van der Waals surface area contributed by atoms with Gasteiger partial charge in [-0.25, -0.2) is 0 Å². The first-order valence-electron chi connectivity index (χ1n) is 10.7. The molecule has 32 heavy (non-hydrogen) atoms. The quantitative estimate of drug-likeness (QED) is 0.542. The average molecular weight is 437 g/mol. The summed E-state index contributed by atoms with van der Waals surface area (Å²) in [5, 5.41) is 11.7. The molecule has 168 valence electrons. The van der Waals surface area contributed by atoms with Gasteiger partial charge in [0.2, 0.25) is 0 Å². The summed E-state index contributed by atoms with van der Waals surface area (Å²) >= 11 is 0. The molecule has 0 radical (unpaired) electrons. The number of amides is 2. The third kappa shape index (κ3) is 4.72. The molecule has 0 spiro atoms. The van der Waals surface area contributed by atoms with E-state index in [9.17, 15) is 9.59 Å². The van der Waals surface area contributed by atoms with Crippen molar-refractivity contribution in [1.29, 1.82) is 0 Å². The van der Waals surface area contributed by atoms with Crippen LogP contribution in [-0.4, -0.2) is 63.1 Å². The van der Waals surface area contributed by atoms with Crippen molar-refractivity contribution in [3.8, 4) is 0 Å². The van der Waals surface area contributed by atoms with Crippen molar-refractivity contribution in [2.45, 2.75) is 25.9 Å². The van der Waals surface area contributed by atoms with Gasteiger partial charge in [0.25, 0.3) is 11.8 Å². The molecule has 9 nitrogen and oxygen atoms in total. The largest absolute Gasteiger partial charge is 0.385 e. The Hall–Kier alpha value is -3.46. The van der Waals surface area contributed by atoms with Gasteiger partial charge in [-0.05, 0) is 12.0 Å². The van der Waals surface area contributed by atoms with Gasteiger partial charge >= 0.3 is 0 Å². The second kappa shape index (κ2) is 9.78. The van der Waals surface area contributed by atoms with E-state index in [0.717, 1.165) is 23.2 Å². The van der Waals surface area contributed by atoms with Crippen LogP contribution in [0.4, 0.5) is 0 Å². The third-order valence-electron chi connectivity index (χ3n) is 5.62. The Bertz CT molecular complexity index is 1090. The van der Waals surface area contributed by atoms with Gasteiger partial charge in [-0.15, -0.1) is 0 Å². The van der Waals surface area contributed by atoms with Crippen LogP contribution in [0.2, 0.25) is 0 Å². The summed E-state index contributed by atoms with van der Waals surface area (Å²) in [7, 11) is 3.47. The topological polar surface area (TPSA) is 94.3 Å². The van der Waals surface area contributed by atoms with E-state index in [4.69, 9.17) is 4.74 Å². The molecular formula is C23H28N6O3. The maximum absolute atomic E-state index is 13.1. The molecule has 2 aromatic heterocycles. The van der Waals surface area contributed by atoms with Gasteiger partial charge in [-0.2, -0.15) is 10.2 Å². The molecule has 0 bridgehead atoms. The van der Waals surface area contributed by atoms with E-state index < -0.39 is 0 Å². The Morgan fingerprint density at radius 2 is 2.03 bits per heavy atom. The molecule has 4 rings (SSSR count). The number of rotatable bonds is 8. The second-order valence-electron chi connectivity index (χ2n) is 7.89. The lowest BCUT2D eigenvalue weighted by Gasteiger charge is -2.27. The highest BCUT2D eigenvalue weighted by Gasteiger charge is 2.30. The fourth-order valence-corrected chi connectivity index (χ4v) is 3.96. The van der Waals surface area contributed by atoms with E-state index in [1.165, 1.54) is 0 Å². The summed E-state index contributed by atoms with van der Waals surface area (Å²) in [6, 6.07) is 9.99. The number of aromatic nitrogens is 4. The van der Waals surface area contributed by atoms with Crippen LogP contribution >= 0.6 is 0 Å². The molecule has 3 aromatic rings. The molecule has 9 heteroatoms. The van der Waals surface area contributed by atoms with E-state index in [1.54, 1.807) is 33.8 Å². The van der Waals surface area contributed by atoms with Gasteiger partial charge in [0.15, 0.2) is 5.69 Å². The van der Waals surface area contributed by atoms with Crippen molar-refractivity contribution >= 4 is 11.8 Å². The lowest BCUT2D eigenvalue weighted by atomic mass is 10.0. The monoisotopic (exact) mass is 436 g/mol. The molecule has 1 aromatic carbocycles. The molecule has 0 fully saturated rings. The van der Waals surface area contributed by atoms with Gasteiger partial charge in [0.1, 0.15) is 0 Å². The zero-order valence-corrected chi connectivity index (χ0v) is 18.5. The third-order valence-corrected chi connectivity index (χ3v) is 5.62. The van der Waals surface area contributed by atoms with Crippen molar-refractivity contribution in [3.05, 3.63) is 70.8 Å². The molecule has 0 saturated heterocycles. The summed E-state index contributed by atoms with van der Waals surface area (Å²) in [4.78, 5) is 27.6. The predicted octanol–water partition coefficient (Wildman–Crippen LogP) is 1.63. The molecule has 0 atom stereocenters. The summed E-state index contributed by atoms with van der Waals surface area (Å²) in [5.41, 5.74) is 3.86. The number of nitrogens with one attached hydrogen (secondary N) is 1. The first-order valence-corrected chi connectivity index (χ1v) is 10.7. The van der Waals surface area contributed by atoms with E-state index >= 15 is 0 Å². The van der Waals surface area contributed by atoms with Crippen molar-refractivity contribution in [1.82, 2.24) is 29.8 Å². The summed E-state index contributed by atoms with van der Waals surface area (Å²) in [6.45, 7) is 2.63. The molecule has 1 aliphatic heterocycles. The number of carbonyl (C=O) groups excluding carboxylic acids is 2. The van der Waals surface area contributed by atoms with Gasteiger partial charge in [0.05, 0.1) is 24.8 Å². The fourth-order valence-electron chi connectivity index (χ4n) is 3.96. The predicted molar refractivity (Wildman–Crippen MR) is 118 cm³/mol. The molecule has 1 N–H and O–H groups in total. The zero-order valence-electron chi connectivity index (χ0n) is 18.5. The molecule has 0 aliphatic carbocycles. The minimum Gasteiger partial charge on any atom is -0.385 e. The molecular weight excluding hydrogens is 408 g/mol. The summed E-state index contributed by atoms with van der Waals surface area (Å²) in [6.07, 6.45) is 4.76. The molecule has 2 amide bonds. The van der Waals surface area contributed by atoms with Crippen molar-refractivity contribution < 1.29 is 14.3 Å². The Labute approximate surface area is 187 Å². The fraction of sp³-hybridized carbons (Fsp3) is 0.391. The maximum Gasteiger partial charge on any atom is 0.272 e. The first-order chi connectivity index (χ1) is 15.6. The van der Waals surface area contributed by atoms with Crippen molar-refractivity contribution in [2.24, 2.45) is 7.05 Å². The normalized spacial score (nSPS) is 13.1. The molecule has 0 unspecified atom stereocenters. The van der Waals surface area contributed by atoms with Crippen LogP contribution in [0.1, 0.15) is 44.1 Å². The molecule has 1 aliphatic rings. The van der Waals surface area contributed by atoms with Crippen LogP contribution in [0, 0.1) is 0 Å². The first kappa shape index (κ1) is 21.8. The number of hydrogen-bond donors (Lipinski definition) is 1. The Balaban J connectivity index is 1.44.